The highest BCUT2D eigenvalue weighted by molar-refractivity contribution is 7.99. The van der Waals surface area contributed by atoms with Gasteiger partial charge in [-0.1, -0.05) is 6.07 Å². The molecular weight excluding hydrogens is 190 g/mol. The lowest BCUT2D eigenvalue weighted by atomic mass is 10.3. The van der Waals surface area contributed by atoms with Gasteiger partial charge in [0.2, 0.25) is 0 Å². The average Bonchev–Trinajstić information content (AvgIpc) is 2.09. The number of aromatic nitrogens is 1. The number of aryl methyl sites for hydroxylation is 1. The van der Waals surface area contributed by atoms with Crippen molar-refractivity contribution in [3.05, 3.63) is 23.9 Å². The van der Waals surface area contributed by atoms with E-state index >= 15 is 0 Å². The van der Waals surface area contributed by atoms with Crippen LogP contribution in [0.1, 0.15) is 12.0 Å². The molecule has 1 aromatic rings. The van der Waals surface area contributed by atoms with E-state index in [0.717, 1.165) is 23.1 Å². The highest BCUT2D eigenvalue weighted by Gasteiger charge is 1.93. The first-order valence-corrected chi connectivity index (χ1v) is 5.46. The van der Waals surface area contributed by atoms with Gasteiger partial charge in [-0.2, -0.15) is 0 Å². The summed E-state index contributed by atoms with van der Waals surface area (Å²) in [6, 6.07) is 4.13. The number of hydrogen-bond donors (Lipinski definition) is 0. The van der Waals surface area contributed by atoms with Crippen LogP contribution >= 0.6 is 23.4 Å². The van der Waals surface area contributed by atoms with Crippen LogP contribution in [-0.2, 0) is 0 Å². The molecule has 1 nitrogen and oxygen atoms in total. The molecule has 66 valence electrons. The summed E-state index contributed by atoms with van der Waals surface area (Å²) in [4.78, 5) is 4.27. The lowest BCUT2D eigenvalue weighted by molar-refractivity contribution is 1.08. The average molecular weight is 202 g/mol. The molecule has 0 fully saturated rings. The minimum absolute atomic E-state index is 0.735. The third kappa shape index (κ3) is 3.46. The molecule has 0 aliphatic carbocycles. The fourth-order valence-electron chi connectivity index (χ4n) is 0.771. The molecule has 0 aromatic carbocycles. The molecule has 0 atom stereocenters. The van der Waals surface area contributed by atoms with Gasteiger partial charge < -0.3 is 0 Å². The van der Waals surface area contributed by atoms with Gasteiger partial charge >= 0.3 is 0 Å². The van der Waals surface area contributed by atoms with Crippen LogP contribution in [0.3, 0.4) is 0 Å². The Balaban J connectivity index is 2.37. The summed E-state index contributed by atoms with van der Waals surface area (Å²) < 4.78 is 0. The topological polar surface area (TPSA) is 12.9 Å². The number of rotatable bonds is 4. The van der Waals surface area contributed by atoms with Gasteiger partial charge in [-0.05, 0) is 25.0 Å². The molecule has 0 bridgehead atoms. The van der Waals surface area contributed by atoms with Gasteiger partial charge in [0, 0.05) is 17.8 Å². The van der Waals surface area contributed by atoms with Gasteiger partial charge in [0.05, 0.1) is 5.03 Å². The normalized spacial score (nSPS) is 10.2. The second-order valence-corrected chi connectivity index (χ2v) is 4.06. The van der Waals surface area contributed by atoms with E-state index in [9.17, 15) is 0 Å². The van der Waals surface area contributed by atoms with E-state index in [1.807, 2.05) is 19.2 Å². The van der Waals surface area contributed by atoms with Crippen molar-refractivity contribution in [1.82, 2.24) is 4.98 Å². The Bertz CT molecular complexity index is 222. The highest BCUT2D eigenvalue weighted by Crippen LogP contribution is 2.15. The molecule has 0 radical (unpaired) electrons. The predicted octanol–water partition coefficient (Wildman–Crippen LogP) is 3.11. The summed E-state index contributed by atoms with van der Waals surface area (Å²) in [6.07, 6.45) is 2.94. The number of halogens is 1. The third-order valence-corrected chi connectivity index (χ3v) is 2.71. The lowest BCUT2D eigenvalue weighted by Crippen LogP contribution is -1.84. The molecule has 0 saturated heterocycles. The van der Waals surface area contributed by atoms with Crippen molar-refractivity contribution in [2.24, 2.45) is 0 Å². The first kappa shape index (κ1) is 9.87. The summed E-state index contributed by atoms with van der Waals surface area (Å²) >= 11 is 7.32. The van der Waals surface area contributed by atoms with Crippen molar-refractivity contribution in [3.63, 3.8) is 0 Å². The quantitative estimate of drug-likeness (QED) is 0.422. The Morgan fingerprint density at radius 2 is 2.33 bits per heavy atom. The van der Waals surface area contributed by atoms with Crippen LogP contribution < -0.4 is 0 Å². The lowest BCUT2D eigenvalue weighted by Gasteiger charge is -1.98. The van der Waals surface area contributed by atoms with Crippen molar-refractivity contribution < 1.29 is 0 Å². The SMILES string of the molecule is Cc1ccc(SCCCCl)nc1. The van der Waals surface area contributed by atoms with E-state index in [2.05, 4.69) is 11.1 Å². The fraction of sp³-hybridized carbons (Fsp3) is 0.444. The van der Waals surface area contributed by atoms with Crippen LogP contribution in [0.4, 0.5) is 0 Å². The molecule has 1 aromatic heterocycles. The van der Waals surface area contributed by atoms with Crippen molar-refractivity contribution in [3.8, 4) is 0 Å². The van der Waals surface area contributed by atoms with Crippen LogP contribution in [0.5, 0.6) is 0 Å². The van der Waals surface area contributed by atoms with Crippen LogP contribution in [0.2, 0.25) is 0 Å². The van der Waals surface area contributed by atoms with Crippen LogP contribution in [0, 0.1) is 6.92 Å². The largest absolute Gasteiger partial charge is 0.250 e. The molecule has 0 spiro atoms. The molecule has 0 unspecified atom stereocenters. The van der Waals surface area contributed by atoms with E-state index < -0.39 is 0 Å². The summed E-state index contributed by atoms with van der Waals surface area (Å²) in [5.41, 5.74) is 1.21. The summed E-state index contributed by atoms with van der Waals surface area (Å²) in [7, 11) is 0. The zero-order chi connectivity index (χ0) is 8.81. The Morgan fingerprint density at radius 3 is 2.92 bits per heavy atom. The van der Waals surface area contributed by atoms with Crippen molar-refractivity contribution >= 4 is 23.4 Å². The van der Waals surface area contributed by atoms with Gasteiger partial charge in [0.15, 0.2) is 0 Å². The van der Waals surface area contributed by atoms with Crippen molar-refractivity contribution in [2.75, 3.05) is 11.6 Å². The molecule has 1 heterocycles. The number of thioether (sulfide) groups is 1. The Morgan fingerprint density at radius 1 is 1.50 bits per heavy atom. The van der Waals surface area contributed by atoms with Crippen LogP contribution in [0.15, 0.2) is 23.4 Å². The standard InChI is InChI=1S/C9H12ClNS/c1-8-3-4-9(11-7-8)12-6-2-5-10/h3-4,7H,2,5-6H2,1H3. The molecule has 3 heteroatoms. The zero-order valence-corrected chi connectivity index (χ0v) is 8.66. The van der Waals surface area contributed by atoms with E-state index in [-0.39, 0.29) is 0 Å². The second kappa shape index (κ2) is 5.44. The van der Waals surface area contributed by atoms with E-state index in [1.165, 1.54) is 5.56 Å². The maximum Gasteiger partial charge on any atom is 0.0960 e. The second-order valence-electron chi connectivity index (χ2n) is 2.56. The predicted molar refractivity (Wildman–Crippen MR) is 55.0 cm³/mol. The van der Waals surface area contributed by atoms with Gasteiger partial charge in [-0.25, -0.2) is 4.98 Å². The molecule has 0 N–H and O–H groups in total. The smallest absolute Gasteiger partial charge is 0.0960 e. The van der Waals surface area contributed by atoms with Gasteiger partial charge in [0.25, 0.3) is 0 Å². The van der Waals surface area contributed by atoms with E-state index in [4.69, 9.17) is 11.6 Å². The maximum absolute atomic E-state index is 5.56. The van der Waals surface area contributed by atoms with E-state index in [0.29, 0.717) is 0 Å². The number of alkyl halides is 1. The first-order chi connectivity index (χ1) is 5.83. The van der Waals surface area contributed by atoms with Gasteiger partial charge in [0.1, 0.15) is 0 Å². The Kier molecular flexibility index (Phi) is 4.48. The molecule has 12 heavy (non-hydrogen) atoms. The monoisotopic (exact) mass is 201 g/mol. The van der Waals surface area contributed by atoms with Crippen molar-refractivity contribution in [1.29, 1.82) is 0 Å². The van der Waals surface area contributed by atoms with E-state index in [1.54, 1.807) is 11.8 Å². The molecular formula is C9H12ClNS. The number of pyridine rings is 1. The minimum atomic E-state index is 0.735. The molecule has 0 aliphatic heterocycles. The maximum atomic E-state index is 5.56. The number of hydrogen-bond acceptors (Lipinski definition) is 2. The van der Waals surface area contributed by atoms with Crippen LogP contribution in [-0.4, -0.2) is 16.6 Å². The van der Waals surface area contributed by atoms with Crippen molar-refractivity contribution in [2.45, 2.75) is 18.4 Å². The fourth-order valence-corrected chi connectivity index (χ4v) is 1.85. The molecule has 1 rings (SSSR count). The third-order valence-electron chi connectivity index (χ3n) is 1.41. The van der Waals surface area contributed by atoms with Gasteiger partial charge in [-0.3, -0.25) is 0 Å². The Hall–Kier alpha value is -0.210. The van der Waals surface area contributed by atoms with Gasteiger partial charge in [-0.15, -0.1) is 23.4 Å². The molecule has 0 amide bonds. The Labute approximate surface area is 82.5 Å². The summed E-state index contributed by atoms with van der Waals surface area (Å²) in [5.74, 6) is 1.79. The minimum Gasteiger partial charge on any atom is -0.250 e. The summed E-state index contributed by atoms with van der Waals surface area (Å²) in [5, 5.41) is 1.09. The number of nitrogens with zero attached hydrogens (tertiary/aromatic N) is 1. The summed E-state index contributed by atoms with van der Waals surface area (Å²) in [6.45, 7) is 2.04. The molecule has 0 saturated carbocycles. The zero-order valence-electron chi connectivity index (χ0n) is 7.09. The first-order valence-electron chi connectivity index (χ1n) is 3.94. The molecule has 0 aliphatic rings. The highest BCUT2D eigenvalue weighted by atomic mass is 35.5. The van der Waals surface area contributed by atoms with Crippen LogP contribution in [0.25, 0.3) is 0 Å².